The number of likely N-dealkylation sites (N-methyl/N-ethyl adjacent to an activating group) is 1. The van der Waals surface area contributed by atoms with Crippen molar-refractivity contribution in [3.8, 4) is 0 Å². The molecule has 0 aromatic rings. The summed E-state index contributed by atoms with van der Waals surface area (Å²) in [5.41, 5.74) is 0. The van der Waals surface area contributed by atoms with Crippen LogP contribution in [-0.4, -0.2) is 104 Å². The second kappa shape index (κ2) is 32.2. The minimum atomic E-state index is -4.69. The highest BCUT2D eigenvalue weighted by molar-refractivity contribution is 7.45. The second-order valence-corrected chi connectivity index (χ2v) is 18.4. The van der Waals surface area contributed by atoms with E-state index >= 15 is 0 Å². The molecule has 0 saturated heterocycles. The Balaban J connectivity index is 2.52. The van der Waals surface area contributed by atoms with E-state index in [9.17, 15) is 34.4 Å². The number of phosphoric ester groups is 1. The van der Waals surface area contributed by atoms with E-state index in [1.807, 2.05) is 39.4 Å². The summed E-state index contributed by atoms with van der Waals surface area (Å²) in [4.78, 5) is 37.7. The largest absolute Gasteiger partial charge is 0.756 e. The molecule has 0 amide bonds. The molecule has 13 heteroatoms. The predicted octanol–water partition coefficient (Wildman–Crippen LogP) is 8.10. The Bertz CT molecular complexity index is 1140. The minimum absolute atomic E-state index is 0.0504. The number of allylic oxidation sites excluding steroid dienone is 2. The normalized spacial score (nSPS) is 20.9. The van der Waals surface area contributed by atoms with Gasteiger partial charge >= 0.3 is 11.9 Å². The summed E-state index contributed by atoms with van der Waals surface area (Å²) in [6.07, 6.45) is 25.8. The lowest BCUT2D eigenvalue weighted by molar-refractivity contribution is -0.870. The molecule has 1 aliphatic rings. The van der Waals surface area contributed by atoms with Crippen LogP contribution in [0, 0.1) is 11.8 Å². The van der Waals surface area contributed by atoms with Gasteiger partial charge in [0.2, 0.25) is 0 Å². The number of unbranched alkanes of at least 4 members (excludes halogenated alkanes) is 15. The molecule has 1 aliphatic carbocycles. The van der Waals surface area contributed by atoms with Crippen LogP contribution in [0.2, 0.25) is 0 Å². The molecule has 0 heterocycles. The number of nitrogens with zero attached hydrogens (tertiary/aromatic N) is 1. The molecule has 0 aliphatic heterocycles. The quantitative estimate of drug-likeness (QED) is 0.0183. The van der Waals surface area contributed by atoms with Crippen molar-refractivity contribution in [1.82, 2.24) is 0 Å². The van der Waals surface area contributed by atoms with Gasteiger partial charge in [0.15, 0.2) is 6.10 Å². The van der Waals surface area contributed by atoms with E-state index in [1.54, 1.807) is 6.08 Å². The summed E-state index contributed by atoms with van der Waals surface area (Å²) >= 11 is 0. The molecule has 57 heavy (non-hydrogen) atoms. The van der Waals surface area contributed by atoms with Gasteiger partial charge in [0.05, 0.1) is 46.1 Å². The molecule has 0 bridgehead atoms. The zero-order chi connectivity index (χ0) is 42.4. The van der Waals surface area contributed by atoms with E-state index in [4.69, 9.17) is 18.5 Å². The molecular formula is C44H82NO11P. The lowest BCUT2D eigenvalue weighted by Crippen LogP contribution is -2.37. The SMILES string of the molecule is CCCCCCCCCCCCCCCC(=O)OC[C@H](COP(=O)([O-])OCC[N+](C)(C)C)OC(=O)CCC/C=C\CC1C(O)CC(O)C1/C=C/C(O)CCCCC. The van der Waals surface area contributed by atoms with Gasteiger partial charge in [-0.05, 0) is 38.0 Å². The van der Waals surface area contributed by atoms with Gasteiger partial charge in [0.25, 0.3) is 7.82 Å². The third-order valence-corrected chi connectivity index (χ3v) is 11.5. The molecule has 0 aromatic heterocycles. The van der Waals surface area contributed by atoms with Crippen LogP contribution in [0.15, 0.2) is 24.3 Å². The Morgan fingerprint density at radius 2 is 1.35 bits per heavy atom. The number of aliphatic hydroxyl groups excluding tert-OH is 3. The van der Waals surface area contributed by atoms with Crippen LogP contribution in [0.5, 0.6) is 0 Å². The van der Waals surface area contributed by atoms with Crippen molar-refractivity contribution in [1.29, 1.82) is 0 Å². The highest BCUT2D eigenvalue weighted by Crippen LogP contribution is 2.38. The predicted molar refractivity (Wildman–Crippen MR) is 224 cm³/mol. The molecule has 6 unspecified atom stereocenters. The molecule has 1 rings (SSSR count). The Morgan fingerprint density at radius 3 is 1.96 bits per heavy atom. The first-order valence-corrected chi connectivity index (χ1v) is 23.8. The molecule has 334 valence electrons. The first-order valence-electron chi connectivity index (χ1n) is 22.3. The second-order valence-electron chi connectivity index (χ2n) is 17.0. The fourth-order valence-corrected chi connectivity index (χ4v) is 7.67. The number of rotatable bonds is 36. The number of quaternary nitrogens is 1. The topological polar surface area (TPSA) is 172 Å². The maximum Gasteiger partial charge on any atom is 0.306 e. The summed E-state index contributed by atoms with van der Waals surface area (Å²) in [5, 5.41) is 31.4. The summed E-state index contributed by atoms with van der Waals surface area (Å²) in [7, 11) is 1.02. The number of carbonyl (C=O) groups excluding carboxylic acids is 2. The number of aliphatic hydroxyl groups is 3. The fraction of sp³-hybridized carbons (Fsp3) is 0.864. The monoisotopic (exact) mass is 832 g/mol. The van der Waals surface area contributed by atoms with Crippen LogP contribution in [0.1, 0.15) is 162 Å². The number of carbonyl (C=O) groups is 2. The smallest absolute Gasteiger partial charge is 0.306 e. The Hall–Kier alpha value is -1.63. The van der Waals surface area contributed by atoms with Gasteiger partial charge in [-0.25, -0.2) is 0 Å². The van der Waals surface area contributed by atoms with Gasteiger partial charge in [-0.1, -0.05) is 134 Å². The Morgan fingerprint density at radius 1 is 0.772 bits per heavy atom. The number of phosphoric acid groups is 1. The lowest BCUT2D eigenvalue weighted by atomic mass is 9.89. The number of hydrogen-bond donors (Lipinski definition) is 3. The van der Waals surface area contributed by atoms with Gasteiger partial charge < -0.3 is 43.2 Å². The van der Waals surface area contributed by atoms with E-state index in [0.29, 0.717) is 43.1 Å². The average Bonchev–Trinajstić information content (AvgIpc) is 3.41. The van der Waals surface area contributed by atoms with Crippen molar-refractivity contribution >= 4 is 19.8 Å². The lowest BCUT2D eigenvalue weighted by Gasteiger charge is -2.28. The van der Waals surface area contributed by atoms with Crippen molar-refractivity contribution in [3.05, 3.63) is 24.3 Å². The van der Waals surface area contributed by atoms with Gasteiger partial charge in [-0.15, -0.1) is 0 Å². The van der Waals surface area contributed by atoms with Crippen LogP contribution in [0.25, 0.3) is 0 Å². The maximum atomic E-state index is 12.8. The molecular weight excluding hydrogens is 749 g/mol. The fourth-order valence-electron chi connectivity index (χ4n) is 6.94. The van der Waals surface area contributed by atoms with Crippen LogP contribution in [-0.2, 0) is 32.7 Å². The molecule has 1 fully saturated rings. The zero-order valence-corrected chi connectivity index (χ0v) is 37.3. The third-order valence-electron chi connectivity index (χ3n) is 10.5. The summed E-state index contributed by atoms with van der Waals surface area (Å²) < 4.78 is 33.8. The zero-order valence-electron chi connectivity index (χ0n) is 36.4. The van der Waals surface area contributed by atoms with Gasteiger partial charge in [0, 0.05) is 25.2 Å². The number of ether oxygens (including phenoxy) is 2. The Kier molecular flexibility index (Phi) is 30.1. The average molecular weight is 832 g/mol. The maximum absolute atomic E-state index is 12.8. The first kappa shape index (κ1) is 53.4. The number of esters is 2. The summed E-state index contributed by atoms with van der Waals surface area (Å²) in [5.74, 6) is -1.44. The highest BCUT2D eigenvalue weighted by atomic mass is 31.2. The first-order chi connectivity index (χ1) is 27.2. The molecule has 3 N–H and O–H groups in total. The van der Waals surface area contributed by atoms with Crippen molar-refractivity contribution in [2.75, 3.05) is 47.5 Å². The van der Waals surface area contributed by atoms with E-state index in [2.05, 4.69) is 13.8 Å². The Labute approximate surface area is 346 Å². The van der Waals surface area contributed by atoms with Crippen molar-refractivity contribution in [2.24, 2.45) is 11.8 Å². The number of hydrogen-bond acceptors (Lipinski definition) is 11. The summed E-state index contributed by atoms with van der Waals surface area (Å²) in [6, 6.07) is 0. The van der Waals surface area contributed by atoms with Crippen LogP contribution in [0.4, 0.5) is 0 Å². The minimum Gasteiger partial charge on any atom is -0.756 e. The highest BCUT2D eigenvalue weighted by Gasteiger charge is 2.39. The van der Waals surface area contributed by atoms with Crippen molar-refractivity contribution in [2.45, 2.75) is 186 Å². The molecule has 12 nitrogen and oxygen atoms in total. The molecule has 0 radical (unpaired) electrons. The third kappa shape index (κ3) is 29.3. The van der Waals surface area contributed by atoms with Gasteiger partial charge in [0.1, 0.15) is 19.8 Å². The van der Waals surface area contributed by atoms with E-state index in [-0.39, 0.29) is 44.3 Å². The van der Waals surface area contributed by atoms with E-state index in [1.165, 1.54) is 57.8 Å². The van der Waals surface area contributed by atoms with Gasteiger partial charge in [-0.2, -0.15) is 0 Å². The van der Waals surface area contributed by atoms with Crippen molar-refractivity contribution < 1.29 is 57.4 Å². The van der Waals surface area contributed by atoms with E-state index < -0.39 is 50.8 Å². The van der Waals surface area contributed by atoms with Crippen molar-refractivity contribution in [3.63, 3.8) is 0 Å². The van der Waals surface area contributed by atoms with Crippen LogP contribution >= 0.6 is 7.82 Å². The molecule has 0 spiro atoms. The van der Waals surface area contributed by atoms with Gasteiger partial charge in [-0.3, -0.25) is 14.2 Å². The van der Waals surface area contributed by atoms with Crippen LogP contribution < -0.4 is 4.89 Å². The molecule has 1 saturated carbocycles. The molecule has 7 atom stereocenters. The van der Waals surface area contributed by atoms with Crippen LogP contribution in [0.3, 0.4) is 0 Å². The standard InChI is InChI=1S/C44H82NO11P/c1-6-8-10-11-12-13-14-15-16-17-18-19-24-28-43(49)53-35-38(36-55-57(51,52)54-33-32-45(3,4)5)56-44(50)29-25-21-20-23-27-39-40(42(48)34-41(39)47)31-30-37(46)26-22-9-7-2/h20,23,30-31,37-42,46-48H,6-19,21-22,24-29,32-36H2,1-5H3/b23-20-,31-30+/t37?,38-,39?,40?,41?,42?/m1/s1. The molecule has 0 aromatic carbocycles. The van der Waals surface area contributed by atoms with E-state index in [0.717, 1.165) is 38.5 Å². The summed E-state index contributed by atoms with van der Waals surface area (Å²) in [6.45, 7) is 3.84.